The number of H-pyrrole nitrogens is 1. The monoisotopic (exact) mass is 467 g/mol. The van der Waals surface area contributed by atoms with Gasteiger partial charge < -0.3 is 15.0 Å². The summed E-state index contributed by atoms with van der Waals surface area (Å²) in [7, 11) is 0. The molecular weight excluding hydrogens is 434 g/mol. The largest absolute Gasteiger partial charge is 0.494 e. The van der Waals surface area contributed by atoms with Gasteiger partial charge in [-0.3, -0.25) is 9.59 Å². The van der Waals surface area contributed by atoms with Gasteiger partial charge in [-0.15, -0.1) is 11.3 Å². The Morgan fingerprint density at radius 3 is 2.85 bits per heavy atom. The van der Waals surface area contributed by atoms with Gasteiger partial charge in [-0.05, 0) is 49.1 Å². The first-order valence-electron chi connectivity index (χ1n) is 11.8. The number of benzene rings is 1. The summed E-state index contributed by atoms with van der Waals surface area (Å²) in [5.41, 5.74) is 2.31. The molecule has 1 amide bonds. The number of aryl methyl sites for hydroxylation is 2. The molecule has 1 atom stereocenters. The van der Waals surface area contributed by atoms with E-state index in [2.05, 4.69) is 31.1 Å². The lowest BCUT2D eigenvalue weighted by Gasteiger charge is -2.33. The van der Waals surface area contributed by atoms with Crippen molar-refractivity contribution in [3.05, 3.63) is 56.4 Å². The Morgan fingerprint density at radius 1 is 1.30 bits per heavy atom. The lowest BCUT2D eigenvalue weighted by molar-refractivity contribution is -0.121. The van der Waals surface area contributed by atoms with E-state index in [9.17, 15) is 9.59 Å². The Balaban J connectivity index is 1.42. The predicted molar refractivity (Wildman–Crippen MR) is 133 cm³/mol. The van der Waals surface area contributed by atoms with Crippen molar-refractivity contribution >= 4 is 27.5 Å². The van der Waals surface area contributed by atoms with Gasteiger partial charge in [-0.25, -0.2) is 4.98 Å². The van der Waals surface area contributed by atoms with Crippen LogP contribution in [0.15, 0.2) is 29.1 Å². The average molecular weight is 468 g/mol. The molecule has 0 fully saturated rings. The van der Waals surface area contributed by atoms with E-state index in [1.165, 1.54) is 10.4 Å². The summed E-state index contributed by atoms with van der Waals surface area (Å²) in [6.45, 7) is 9.80. The number of fused-ring (bicyclic) bond motifs is 3. The first kappa shape index (κ1) is 23.5. The van der Waals surface area contributed by atoms with E-state index >= 15 is 0 Å². The van der Waals surface area contributed by atoms with Crippen LogP contribution in [0.1, 0.15) is 62.4 Å². The third-order valence-electron chi connectivity index (χ3n) is 6.53. The van der Waals surface area contributed by atoms with Gasteiger partial charge in [-0.2, -0.15) is 0 Å². The summed E-state index contributed by atoms with van der Waals surface area (Å²) in [5.74, 6) is 1.89. The molecule has 0 saturated carbocycles. The maximum absolute atomic E-state index is 12.9. The van der Waals surface area contributed by atoms with E-state index < -0.39 is 0 Å². The van der Waals surface area contributed by atoms with Gasteiger partial charge in [0, 0.05) is 29.8 Å². The maximum Gasteiger partial charge on any atom is 0.259 e. The van der Waals surface area contributed by atoms with Crippen LogP contribution < -0.4 is 15.6 Å². The van der Waals surface area contributed by atoms with Crippen LogP contribution in [0.2, 0.25) is 0 Å². The number of amides is 1. The second kappa shape index (κ2) is 9.67. The molecule has 1 aliphatic carbocycles. The summed E-state index contributed by atoms with van der Waals surface area (Å²) in [4.78, 5) is 35.0. The van der Waals surface area contributed by atoms with Crippen LogP contribution in [0.4, 0.5) is 0 Å². The number of para-hydroxylation sites is 1. The summed E-state index contributed by atoms with van der Waals surface area (Å²) in [6, 6.07) is 7.69. The summed E-state index contributed by atoms with van der Waals surface area (Å²) < 4.78 is 5.61. The van der Waals surface area contributed by atoms with Gasteiger partial charge in [0.1, 0.15) is 16.4 Å². The number of hydrogen-bond donors (Lipinski definition) is 2. The maximum atomic E-state index is 12.9. The molecule has 2 aromatic heterocycles. The van der Waals surface area contributed by atoms with Crippen LogP contribution in [-0.2, 0) is 30.6 Å². The van der Waals surface area contributed by atoms with Crippen LogP contribution in [-0.4, -0.2) is 22.5 Å². The topological polar surface area (TPSA) is 84.1 Å². The molecule has 1 aliphatic rings. The SMILES string of the molecule is CCOc1ccccc1CNC(=O)CCc1nc2sc3c(c2c(=O)[nH]1)CC[C@H](C(C)(C)C)C3. The zero-order chi connectivity index (χ0) is 23.6. The number of aromatic amines is 1. The second-order valence-corrected chi connectivity index (χ2v) is 10.9. The van der Waals surface area contributed by atoms with Crippen molar-refractivity contribution in [2.45, 2.75) is 66.3 Å². The molecule has 2 heterocycles. The fraction of sp³-hybridized carbons (Fsp3) is 0.500. The van der Waals surface area contributed by atoms with Crippen LogP contribution >= 0.6 is 11.3 Å². The number of nitrogens with zero attached hydrogens (tertiary/aromatic N) is 1. The lowest BCUT2D eigenvalue weighted by atomic mass is 9.72. The lowest BCUT2D eigenvalue weighted by Crippen LogP contribution is -2.26. The number of ether oxygens (including phenoxy) is 1. The highest BCUT2D eigenvalue weighted by Crippen LogP contribution is 2.41. The van der Waals surface area contributed by atoms with Crippen LogP contribution in [0, 0.1) is 11.3 Å². The van der Waals surface area contributed by atoms with Gasteiger partial charge in [0.2, 0.25) is 5.91 Å². The number of carbonyl (C=O) groups is 1. The van der Waals surface area contributed by atoms with Gasteiger partial charge in [0.05, 0.1) is 12.0 Å². The van der Waals surface area contributed by atoms with Gasteiger partial charge in [0.25, 0.3) is 5.56 Å². The molecule has 7 heteroatoms. The predicted octanol–water partition coefficient (Wildman–Crippen LogP) is 4.78. The molecule has 0 spiro atoms. The van der Waals surface area contributed by atoms with Gasteiger partial charge in [0.15, 0.2) is 0 Å². The number of carbonyl (C=O) groups excluding carboxylic acids is 1. The van der Waals surface area contributed by atoms with E-state index in [0.29, 0.717) is 31.3 Å². The number of hydrogen-bond acceptors (Lipinski definition) is 5. The first-order chi connectivity index (χ1) is 15.8. The second-order valence-electron chi connectivity index (χ2n) is 9.82. The third kappa shape index (κ3) is 5.29. The standard InChI is InChI=1S/C26H33N3O3S/c1-5-32-19-9-7-6-8-16(19)15-27-22(30)13-12-21-28-24(31)23-18-11-10-17(26(2,3)4)14-20(18)33-25(23)29-21/h6-9,17H,5,10-15H2,1-4H3,(H,27,30)(H,28,29,31)/t17-/m0/s1. The molecule has 1 aromatic carbocycles. The normalized spacial score (nSPS) is 15.9. The van der Waals surface area contributed by atoms with E-state index in [1.807, 2.05) is 31.2 Å². The molecule has 0 radical (unpaired) electrons. The number of rotatable bonds is 7. The molecule has 0 saturated heterocycles. The molecule has 0 aliphatic heterocycles. The van der Waals surface area contributed by atoms with E-state index in [1.54, 1.807) is 11.3 Å². The van der Waals surface area contributed by atoms with E-state index in [0.717, 1.165) is 40.8 Å². The summed E-state index contributed by atoms with van der Waals surface area (Å²) >= 11 is 1.65. The molecule has 4 rings (SSSR count). The summed E-state index contributed by atoms with van der Waals surface area (Å²) in [5, 5.41) is 3.70. The Kier molecular flexibility index (Phi) is 6.88. The third-order valence-corrected chi connectivity index (χ3v) is 7.68. The van der Waals surface area contributed by atoms with Gasteiger partial charge in [-0.1, -0.05) is 39.0 Å². The molecular formula is C26H33N3O3S. The minimum Gasteiger partial charge on any atom is -0.494 e. The highest BCUT2D eigenvalue weighted by Gasteiger charge is 2.31. The van der Waals surface area contributed by atoms with Crippen LogP contribution in [0.5, 0.6) is 5.75 Å². The van der Waals surface area contributed by atoms with Crippen LogP contribution in [0.3, 0.4) is 0 Å². The first-order valence-corrected chi connectivity index (χ1v) is 12.6. The highest BCUT2D eigenvalue weighted by atomic mass is 32.1. The van der Waals surface area contributed by atoms with E-state index in [4.69, 9.17) is 9.72 Å². The Hall–Kier alpha value is -2.67. The molecule has 176 valence electrons. The number of nitrogens with one attached hydrogen (secondary N) is 2. The van der Waals surface area contributed by atoms with Crippen molar-refractivity contribution in [1.29, 1.82) is 0 Å². The zero-order valence-corrected chi connectivity index (χ0v) is 20.7. The van der Waals surface area contributed by atoms with E-state index in [-0.39, 0.29) is 23.3 Å². The molecule has 0 bridgehead atoms. The Bertz CT molecular complexity index is 1210. The summed E-state index contributed by atoms with van der Waals surface area (Å²) in [6.07, 6.45) is 3.73. The minimum absolute atomic E-state index is 0.0761. The minimum atomic E-state index is -0.0810. The quantitative estimate of drug-likeness (QED) is 0.524. The van der Waals surface area contributed by atoms with Crippen molar-refractivity contribution in [3.8, 4) is 5.75 Å². The zero-order valence-electron chi connectivity index (χ0n) is 19.9. The van der Waals surface area contributed by atoms with Crippen molar-refractivity contribution in [2.75, 3.05) is 6.61 Å². The fourth-order valence-electron chi connectivity index (χ4n) is 4.55. The number of thiophene rings is 1. The molecule has 33 heavy (non-hydrogen) atoms. The fourth-order valence-corrected chi connectivity index (χ4v) is 5.87. The van der Waals surface area contributed by atoms with Crippen LogP contribution in [0.25, 0.3) is 10.2 Å². The smallest absolute Gasteiger partial charge is 0.259 e. The Labute approximate surface area is 198 Å². The van der Waals surface area contributed by atoms with Gasteiger partial charge >= 0.3 is 0 Å². The Morgan fingerprint density at radius 2 is 2.09 bits per heavy atom. The molecule has 2 N–H and O–H groups in total. The molecule has 6 nitrogen and oxygen atoms in total. The number of aromatic nitrogens is 2. The van der Waals surface area contributed by atoms with Crippen molar-refractivity contribution in [3.63, 3.8) is 0 Å². The highest BCUT2D eigenvalue weighted by molar-refractivity contribution is 7.18. The molecule has 3 aromatic rings. The molecule has 0 unspecified atom stereocenters. The average Bonchev–Trinajstić information content (AvgIpc) is 3.15. The van der Waals surface area contributed by atoms with Crippen molar-refractivity contribution < 1.29 is 9.53 Å². The van der Waals surface area contributed by atoms with Crippen molar-refractivity contribution in [1.82, 2.24) is 15.3 Å². The van der Waals surface area contributed by atoms with Crippen molar-refractivity contribution in [2.24, 2.45) is 11.3 Å².